The van der Waals surface area contributed by atoms with Crippen molar-refractivity contribution in [2.75, 3.05) is 5.73 Å². The summed E-state index contributed by atoms with van der Waals surface area (Å²) in [5.41, 5.74) is 7.27. The molecule has 0 bridgehead atoms. The van der Waals surface area contributed by atoms with Gasteiger partial charge in [-0.25, -0.2) is 0 Å². The number of nitrogens with zero attached hydrogens (tertiary/aromatic N) is 1. The molecule has 0 saturated heterocycles. The molecule has 3 nitrogen and oxygen atoms in total. The molecule has 2 rings (SSSR count). The summed E-state index contributed by atoms with van der Waals surface area (Å²) < 4.78 is 5.56. The molecular formula is C12H11ClN2O. The molecule has 0 atom stereocenters. The van der Waals surface area contributed by atoms with E-state index in [1.165, 1.54) is 0 Å². The molecule has 0 amide bonds. The van der Waals surface area contributed by atoms with Crippen LogP contribution >= 0.6 is 11.6 Å². The summed E-state index contributed by atoms with van der Waals surface area (Å²) in [6, 6.07) is 9.07. The second-order valence-corrected chi connectivity index (χ2v) is 3.72. The molecule has 0 unspecified atom stereocenters. The van der Waals surface area contributed by atoms with Crippen LogP contribution in [0.5, 0.6) is 5.75 Å². The average Bonchev–Trinajstić information content (AvgIpc) is 2.30. The van der Waals surface area contributed by atoms with E-state index in [9.17, 15) is 0 Å². The van der Waals surface area contributed by atoms with Crippen LogP contribution in [-0.2, 0) is 6.61 Å². The van der Waals surface area contributed by atoms with Crippen LogP contribution in [0.2, 0.25) is 5.02 Å². The number of pyridine rings is 1. The molecule has 1 aromatic carbocycles. The van der Waals surface area contributed by atoms with E-state index in [4.69, 9.17) is 22.1 Å². The van der Waals surface area contributed by atoms with E-state index in [0.717, 1.165) is 5.56 Å². The van der Waals surface area contributed by atoms with Gasteiger partial charge in [-0.2, -0.15) is 0 Å². The number of hydrogen-bond donors (Lipinski definition) is 1. The summed E-state index contributed by atoms with van der Waals surface area (Å²) in [5, 5.41) is 0.517. The van der Waals surface area contributed by atoms with Crippen LogP contribution in [0.1, 0.15) is 5.56 Å². The van der Waals surface area contributed by atoms with Gasteiger partial charge in [0.1, 0.15) is 6.61 Å². The fraction of sp³-hybridized carbons (Fsp3) is 0.0833. The quantitative estimate of drug-likeness (QED) is 0.831. The first kappa shape index (κ1) is 10.8. The summed E-state index contributed by atoms with van der Waals surface area (Å²) >= 11 is 5.98. The van der Waals surface area contributed by atoms with E-state index >= 15 is 0 Å². The normalized spacial score (nSPS) is 10.1. The smallest absolute Gasteiger partial charge is 0.161 e. The minimum atomic E-state index is 0.405. The largest absolute Gasteiger partial charge is 0.485 e. The van der Waals surface area contributed by atoms with E-state index in [-0.39, 0.29) is 0 Å². The molecule has 0 radical (unpaired) electrons. The lowest BCUT2D eigenvalue weighted by Gasteiger charge is -2.09. The molecule has 2 N–H and O–H groups in total. The summed E-state index contributed by atoms with van der Waals surface area (Å²) in [6.45, 7) is 0.405. The van der Waals surface area contributed by atoms with Crippen molar-refractivity contribution in [3.63, 3.8) is 0 Å². The lowest BCUT2D eigenvalue weighted by atomic mass is 10.3. The van der Waals surface area contributed by atoms with Crippen molar-refractivity contribution in [1.29, 1.82) is 0 Å². The number of nitrogen functional groups attached to an aromatic ring is 1. The van der Waals surface area contributed by atoms with E-state index in [2.05, 4.69) is 4.98 Å². The van der Waals surface area contributed by atoms with Crippen molar-refractivity contribution in [3.8, 4) is 5.75 Å². The first-order chi connectivity index (χ1) is 7.77. The van der Waals surface area contributed by atoms with Crippen LogP contribution in [0.25, 0.3) is 0 Å². The van der Waals surface area contributed by atoms with Crippen molar-refractivity contribution < 1.29 is 4.74 Å². The third-order valence-electron chi connectivity index (χ3n) is 2.10. The molecule has 2 aromatic rings. The highest BCUT2D eigenvalue weighted by Gasteiger charge is 2.05. The molecule has 0 aliphatic rings. The van der Waals surface area contributed by atoms with Gasteiger partial charge in [-0.15, -0.1) is 0 Å². The maximum absolute atomic E-state index is 5.98. The molecule has 0 aliphatic heterocycles. The zero-order valence-corrected chi connectivity index (χ0v) is 9.32. The first-order valence-corrected chi connectivity index (χ1v) is 5.21. The molecule has 16 heavy (non-hydrogen) atoms. The van der Waals surface area contributed by atoms with Crippen LogP contribution in [-0.4, -0.2) is 4.98 Å². The van der Waals surface area contributed by atoms with Crippen LogP contribution in [0.15, 0.2) is 42.7 Å². The number of para-hydroxylation sites is 1. The summed E-state index contributed by atoms with van der Waals surface area (Å²) in [4.78, 5) is 4.00. The van der Waals surface area contributed by atoms with Gasteiger partial charge in [-0.1, -0.05) is 23.7 Å². The topological polar surface area (TPSA) is 48.1 Å². The van der Waals surface area contributed by atoms with Gasteiger partial charge < -0.3 is 10.5 Å². The molecule has 1 aromatic heterocycles. The molecule has 0 spiro atoms. The van der Waals surface area contributed by atoms with Gasteiger partial charge in [-0.3, -0.25) is 4.98 Å². The predicted molar refractivity (Wildman–Crippen MR) is 64.4 cm³/mol. The van der Waals surface area contributed by atoms with Gasteiger partial charge in [0.25, 0.3) is 0 Å². The molecule has 0 saturated carbocycles. The SMILES string of the molecule is Nc1cccc(Cl)c1OCc1cccnc1. The van der Waals surface area contributed by atoms with Gasteiger partial charge in [-0.05, 0) is 18.2 Å². The summed E-state index contributed by atoms with van der Waals surface area (Å²) in [5.74, 6) is 0.521. The van der Waals surface area contributed by atoms with Crippen molar-refractivity contribution in [1.82, 2.24) is 4.98 Å². The highest BCUT2D eigenvalue weighted by atomic mass is 35.5. The predicted octanol–water partition coefficient (Wildman–Crippen LogP) is 2.90. The molecule has 1 heterocycles. The Kier molecular flexibility index (Phi) is 3.27. The monoisotopic (exact) mass is 234 g/mol. The Balaban J connectivity index is 2.11. The fourth-order valence-corrected chi connectivity index (χ4v) is 1.55. The zero-order valence-electron chi connectivity index (χ0n) is 8.56. The third-order valence-corrected chi connectivity index (χ3v) is 2.40. The Morgan fingerprint density at radius 2 is 2.12 bits per heavy atom. The highest BCUT2D eigenvalue weighted by Crippen LogP contribution is 2.30. The van der Waals surface area contributed by atoms with Gasteiger partial charge in [0.15, 0.2) is 5.75 Å². The van der Waals surface area contributed by atoms with Crippen LogP contribution in [0.4, 0.5) is 5.69 Å². The third kappa shape index (κ3) is 2.44. The number of ether oxygens (including phenoxy) is 1. The molecule has 4 heteroatoms. The Bertz CT molecular complexity index is 453. The lowest BCUT2D eigenvalue weighted by molar-refractivity contribution is 0.307. The second-order valence-electron chi connectivity index (χ2n) is 3.31. The number of nitrogens with two attached hydrogens (primary N) is 1. The second kappa shape index (κ2) is 4.86. The van der Waals surface area contributed by atoms with Gasteiger partial charge >= 0.3 is 0 Å². The fourth-order valence-electron chi connectivity index (χ4n) is 1.32. The van der Waals surface area contributed by atoms with Crippen LogP contribution in [0, 0.1) is 0 Å². The molecule has 82 valence electrons. The number of benzene rings is 1. The van der Waals surface area contributed by atoms with E-state index in [1.54, 1.807) is 30.6 Å². The zero-order chi connectivity index (χ0) is 11.4. The van der Waals surface area contributed by atoms with Crippen molar-refractivity contribution in [2.24, 2.45) is 0 Å². The summed E-state index contributed by atoms with van der Waals surface area (Å²) in [6.07, 6.45) is 3.46. The highest BCUT2D eigenvalue weighted by molar-refractivity contribution is 6.32. The average molecular weight is 235 g/mol. The van der Waals surface area contributed by atoms with Crippen molar-refractivity contribution in [2.45, 2.75) is 6.61 Å². The maximum atomic E-state index is 5.98. The molecule has 0 aliphatic carbocycles. The molecule has 0 fully saturated rings. The number of halogens is 1. The Morgan fingerprint density at radius 3 is 2.81 bits per heavy atom. The minimum Gasteiger partial charge on any atom is -0.485 e. The standard InChI is InChI=1S/C12H11ClN2O/c13-10-4-1-5-11(14)12(10)16-8-9-3-2-6-15-7-9/h1-7H,8,14H2. The van der Waals surface area contributed by atoms with Crippen molar-refractivity contribution >= 4 is 17.3 Å². The summed E-state index contributed by atoms with van der Waals surface area (Å²) in [7, 11) is 0. The van der Waals surface area contributed by atoms with Crippen LogP contribution in [0.3, 0.4) is 0 Å². The van der Waals surface area contributed by atoms with Gasteiger partial charge in [0.2, 0.25) is 0 Å². The van der Waals surface area contributed by atoms with Gasteiger partial charge in [0.05, 0.1) is 10.7 Å². The number of anilines is 1. The van der Waals surface area contributed by atoms with E-state index < -0.39 is 0 Å². The Hall–Kier alpha value is -1.74. The Morgan fingerprint density at radius 1 is 1.25 bits per heavy atom. The Labute approximate surface area is 98.8 Å². The number of rotatable bonds is 3. The van der Waals surface area contributed by atoms with E-state index in [1.807, 2.05) is 12.1 Å². The minimum absolute atomic E-state index is 0.405. The number of aromatic nitrogens is 1. The lowest BCUT2D eigenvalue weighted by Crippen LogP contribution is -1.99. The maximum Gasteiger partial charge on any atom is 0.161 e. The van der Waals surface area contributed by atoms with Crippen molar-refractivity contribution in [3.05, 3.63) is 53.3 Å². The number of hydrogen-bond acceptors (Lipinski definition) is 3. The first-order valence-electron chi connectivity index (χ1n) is 4.83. The molecular weight excluding hydrogens is 224 g/mol. The van der Waals surface area contributed by atoms with E-state index in [0.29, 0.717) is 23.1 Å². The van der Waals surface area contributed by atoms with Crippen LogP contribution < -0.4 is 10.5 Å². The van der Waals surface area contributed by atoms with Gasteiger partial charge in [0, 0.05) is 18.0 Å².